The highest BCUT2D eigenvalue weighted by atomic mass is 16.5. The number of nitrogens with one attached hydrogen (secondary N) is 2. The molecular formula is C20H29N3O3. The molecule has 1 aliphatic rings. The highest BCUT2D eigenvalue weighted by Crippen LogP contribution is 2.13. The molecule has 142 valence electrons. The first-order chi connectivity index (χ1) is 12.8. The average Bonchev–Trinajstić information content (AvgIpc) is 2.69. The fourth-order valence-corrected chi connectivity index (χ4v) is 2.28. The van der Waals surface area contributed by atoms with Crippen LogP contribution < -0.4 is 16.4 Å². The molecule has 2 rings (SSSR count). The Hall–Kier alpha value is -2.12. The van der Waals surface area contributed by atoms with Crippen molar-refractivity contribution < 1.29 is 14.2 Å². The average molecular weight is 359 g/mol. The van der Waals surface area contributed by atoms with Gasteiger partial charge in [0.05, 0.1) is 33.0 Å². The van der Waals surface area contributed by atoms with E-state index in [1.54, 1.807) is 0 Å². The molecule has 0 amide bonds. The van der Waals surface area contributed by atoms with E-state index in [1.807, 2.05) is 25.4 Å². The maximum atomic E-state index is 5.69. The van der Waals surface area contributed by atoms with Crippen molar-refractivity contribution in [2.75, 3.05) is 51.9 Å². The van der Waals surface area contributed by atoms with Crippen molar-refractivity contribution in [3.05, 3.63) is 59.8 Å². The molecule has 0 radical (unpaired) electrons. The van der Waals surface area contributed by atoms with Gasteiger partial charge in [-0.15, -0.1) is 0 Å². The molecule has 0 saturated carbocycles. The zero-order valence-corrected chi connectivity index (χ0v) is 15.3. The summed E-state index contributed by atoms with van der Waals surface area (Å²) in [5, 5.41) is 6.33. The highest BCUT2D eigenvalue weighted by molar-refractivity contribution is 5.58. The number of rotatable bonds is 12. The van der Waals surface area contributed by atoms with Crippen LogP contribution in [0.2, 0.25) is 0 Å². The molecule has 1 heterocycles. The first-order valence-corrected chi connectivity index (χ1v) is 8.89. The van der Waals surface area contributed by atoms with Gasteiger partial charge in [-0.1, -0.05) is 30.4 Å². The minimum Gasteiger partial charge on any atom is -0.388 e. The van der Waals surface area contributed by atoms with E-state index in [4.69, 9.17) is 19.9 Å². The maximum absolute atomic E-state index is 5.69. The highest BCUT2D eigenvalue weighted by Gasteiger charge is 2.06. The number of anilines is 1. The summed E-state index contributed by atoms with van der Waals surface area (Å²) in [6.07, 6.45) is 10.0. The third kappa shape index (κ3) is 7.84. The summed E-state index contributed by atoms with van der Waals surface area (Å²) in [5.41, 5.74) is 8.69. The smallest absolute Gasteiger partial charge is 0.147 e. The van der Waals surface area contributed by atoms with E-state index in [0.29, 0.717) is 39.6 Å². The van der Waals surface area contributed by atoms with E-state index in [-0.39, 0.29) is 6.23 Å². The van der Waals surface area contributed by atoms with Gasteiger partial charge >= 0.3 is 0 Å². The zero-order chi connectivity index (χ0) is 18.5. The largest absolute Gasteiger partial charge is 0.388 e. The van der Waals surface area contributed by atoms with Crippen LogP contribution >= 0.6 is 0 Å². The number of dihydropyridines is 1. The Labute approximate surface area is 155 Å². The summed E-state index contributed by atoms with van der Waals surface area (Å²) in [4.78, 5) is 0. The first kappa shape index (κ1) is 20.2. The van der Waals surface area contributed by atoms with Gasteiger partial charge in [0.1, 0.15) is 6.23 Å². The second kappa shape index (κ2) is 12.3. The lowest BCUT2D eigenvalue weighted by Crippen LogP contribution is -2.29. The van der Waals surface area contributed by atoms with Crippen molar-refractivity contribution in [2.24, 2.45) is 5.73 Å². The van der Waals surface area contributed by atoms with Gasteiger partial charge in [-0.25, -0.2) is 0 Å². The number of hydrogen-bond donors (Lipinski definition) is 3. The van der Waals surface area contributed by atoms with Crippen LogP contribution in [0.5, 0.6) is 0 Å². The molecule has 4 N–H and O–H groups in total. The predicted octanol–water partition coefficient (Wildman–Crippen LogP) is 2.12. The fourth-order valence-electron chi connectivity index (χ4n) is 2.28. The van der Waals surface area contributed by atoms with Crippen LogP contribution in [0, 0.1) is 0 Å². The molecule has 26 heavy (non-hydrogen) atoms. The lowest BCUT2D eigenvalue weighted by molar-refractivity contribution is -0.00312. The molecule has 0 spiro atoms. The molecule has 1 aromatic rings. The third-order valence-electron chi connectivity index (χ3n) is 3.70. The molecule has 1 atom stereocenters. The summed E-state index contributed by atoms with van der Waals surface area (Å²) in [7, 11) is 1.91. The molecule has 1 aliphatic heterocycles. The van der Waals surface area contributed by atoms with E-state index < -0.39 is 0 Å². The molecule has 6 heteroatoms. The van der Waals surface area contributed by atoms with E-state index in [2.05, 4.69) is 47.1 Å². The molecule has 0 aromatic heterocycles. The molecule has 0 saturated heterocycles. The Balaban J connectivity index is 1.60. The van der Waals surface area contributed by atoms with Crippen LogP contribution in [0.1, 0.15) is 5.56 Å². The van der Waals surface area contributed by atoms with E-state index in [9.17, 15) is 0 Å². The van der Waals surface area contributed by atoms with E-state index in [0.717, 1.165) is 16.8 Å². The number of benzene rings is 1. The lowest BCUT2D eigenvalue weighted by Gasteiger charge is -2.18. The Morgan fingerprint density at radius 3 is 2.42 bits per heavy atom. The second-order valence-corrected chi connectivity index (χ2v) is 5.68. The number of hydrogen-bond acceptors (Lipinski definition) is 6. The van der Waals surface area contributed by atoms with Gasteiger partial charge in [-0.3, -0.25) is 0 Å². The Kier molecular flexibility index (Phi) is 9.53. The van der Waals surface area contributed by atoms with Crippen LogP contribution in [-0.2, 0) is 14.2 Å². The quantitative estimate of drug-likeness (QED) is 0.496. The normalized spacial score (nSPS) is 16.5. The van der Waals surface area contributed by atoms with Crippen LogP contribution in [0.15, 0.2) is 54.3 Å². The van der Waals surface area contributed by atoms with Gasteiger partial charge in [0.2, 0.25) is 0 Å². The molecule has 0 aliphatic carbocycles. The summed E-state index contributed by atoms with van der Waals surface area (Å²) in [6, 6.07) is 8.27. The van der Waals surface area contributed by atoms with Crippen molar-refractivity contribution in [3.63, 3.8) is 0 Å². The summed E-state index contributed by atoms with van der Waals surface area (Å²) in [5.74, 6) is 0. The van der Waals surface area contributed by atoms with Gasteiger partial charge < -0.3 is 30.6 Å². The van der Waals surface area contributed by atoms with Gasteiger partial charge in [0.25, 0.3) is 0 Å². The van der Waals surface area contributed by atoms with Gasteiger partial charge in [0.15, 0.2) is 0 Å². The second-order valence-electron chi connectivity index (χ2n) is 5.68. The standard InChI is InChI=1S/C20H29N3O3/c1-22-19-7-4-17(5-8-19)2-3-18-6-9-20(23-16-18)26-15-14-25-13-12-24-11-10-21/h2-9,16,20,22-23H,10-15,21H2,1H3/b3-2+. The Bertz CT molecular complexity index is 597. The molecule has 0 fully saturated rings. The van der Waals surface area contributed by atoms with Crippen LogP contribution in [0.25, 0.3) is 6.08 Å². The van der Waals surface area contributed by atoms with Crippen LogP contribution in [-0.4, -0.2) is 52.9 Å². The first-order valence-electron chi connectivity index (χ1n) is 8.89. The molecule has 6 nitrogen and oxygen atoms in total. The van der Waals surface area contributed by atoms with Gasteiger partial charge in [0, 0.05) is 25.5 Å². The van der Waals surface area contributed by atoms with Crippen LogP contribution in [0.3, 0.4) is 0 Å². The van der Waals surface area contributed by atoms with Crippen molar-refractivity contribution in [3.8, 4) is 0 Å². The lowest BCUT2D eigenvalue weighted by atomic mass is 10.1. The summed E-state index contributed by atoms with van der Waals surface area (Å²) < 4.78 is 16.3. The topological polar surface area (TPSA) is 77.8 Å². The van der Waals surface area contributed by atoms with Gasteiger partial charge in [-0.05, 0) is 29.3 Å². The summed E-state index contributed by atoms with van der Waals surface area (Å²) >= 11 is 0. The number of nitrogens with two attached hydrogens (primary N) is 1. The van der Waals surface area contributed by atoms with Crippen molar-refractivity contribution in [1.29, 1.82) is 0 Å². The van der Waals surface area contributed by atoms with Crippen molar-refractivity contribution in [1.82, 2.24) is 5.32 Å². The molecule has 1 unspecified atom stereocenters. The Morgan fingerprint density at radius 1 is 1.04 bits per heavy atom. The van der Waals surface area contributed by atoms with E-state index in [1.165, 1.54) is 0 Å². The molecule has 0 bridgehead atoms. The minimum atomic E-state index is -0.126. The van der Waals surface area contributed by atoms with Crippen LogP contribution in [0.4, 0.5) is 5.69 Å². The molecule has 1 aromatic carbocycles. The van der Waals surface area contributed by atoms with Gasteiger partial charge in [-0.2, -0.15) is 0 Å². The zero-order valence-electron chi connectivity index (χ0n) is 15.3. The number of ether oxygens (including phenoxy) is 3. The maximum Gasteiger partial charge on any atom is 0.147 e. The van der Waals surface area contributed by atoms with E-state index >= 15 is 0 Å². The third-order valence-corrected chi connectivity index (χ3v) is 3.70. The van der Waals surface area contributed by atoms with Crippen molar-refractivity contribution >= 4 is 11.8 Å². The fraction of sp³-hybridized carbons (Fsp3) is 0.400. The Morgan fingerprint density at radius 2 is 1.77 bits per heavy atom. The number of allylic oxidation sites excluding steroid dienone is 3. The summed E-state index contributed by atoms with van der Waals surface area (Å²) in [6.45, 7) is 3.29. The monoisotopic (exact) mass is 359 g/mol. The molecular weight excluding hydrogens is 330 g/mol. The SMILES string of the molecule is CNc1ccc(/C=C/C2=CNC(OCCOCCOCCN)C=C2)cc1. The minimum absolute atomic E-state index is 0.126. The predicted molar refractivity (Wildman–Crippen MR) is 106 cm³/mol. The van der Waals surface area contributed by atoms with Crippen molar-refractivity contribution in [2.45, 2.75) is 6.23 Å².